The van der Waals surface area contributed by atoms with E-state index >= 15 is 0 Å². The Morgan fingerprint density at radius 2 is 1.93 bits per heavy atom. The van der Waals surface area contributed by atoms with Gasteiger partial charge in [-0.3, -0.25) is 4.79 Å². The first-order valence-electron chi connectivity index (χ1n) is 9.25. The van der Waals surface area contributed by atoms with Crippen molar-refractivity contribution in [2.75, 3.05) is 26.2 Å². The van der Waals surface area contributed by atoms with Gasteiger partial charge in [0.05, 0.1) is 5.56 Å². The Bertz CT molecular complexity index is 769. The lowest BCUT2D eigenvalue weighted by atomic mass is 9.97. The molecule has 2 aromatic rings. The van der Waals surface area contributed by atoms with Crippen molar-refractivity contribution in [1.82, 2.24) is 30.0 Å². The van der Waals surface area contributed by atoms with E-state index in [4.69, 9.17) is 0 Å². The van der Waals surface area contributed by atoms with Crippen LogP contribution in [0.1, 0.15) is 47.8 Å². The van der Waals surface area contributed by atoms with Gasteiger partial charge in [-0.15, -0.1) is 22.6 Å². The van der Waals surface area contributed by atoms with Crippen molar-refractivity contribution >= 4 is 30.1 Å². The van der Waals surface area contributed by atoms with Gasteiger partial charge >= 0.3 is 0 Å². The summed E-state index contributed by atoms with van der Waals surface area (Å²) in [6, 6.07) is 3.76. The highest BCUT2D eigenvalue weighted by Gasteiger charge is 2.23. The number of nitrogens with one attached hydrogen (secondary N) is 1. The van der Waals surface area contributed by atoms with Gasteiger partial charge < -0.3 is 14.8 Å². The zero-order valence-corrected chi connectivity index (χ0v) is 17.1. The monoisotopic (exact) mass is 408 g/mol. The molecule has 0 aliphatic carbocycles. The standard InChI is InChI=1S/C18H24N6OS.ClH/c1-23-16(13-6-8-19-9-7-13)21-22-18(23)26-15-5-4-14(12-20-15)17(25)24-10-2-3-11-24;/h4-5,12-13,19H,2-3,6-11H2,1H3;1H. The largest absolute Gasteiger partial charge is 0.339 e. The number of aromatic nitrogens is 4. The number of rotatable bonds is 4. The maximum Gasteiger partial charge on any atom is 0.255 e. The second-order valence-corrected chi connectivity index (χ2v) is 7.90. The maximum absolute atomic E-state index is 12.4. The molecule has 7 nitrogen and oxygen atoms in total. The lowest BCUT2D eigenvalue weighted by Gasteiger charge is -2.21. The summed E-state index contributed by atoms with van der Waals surface area (Å²) >= 11 is 1.49. The second kappa shape index (κ2) is 9.03. The highest BCUT2D eigenvalue weighted by atomic mass is 35.5. The summed E-state index contributed by atoms with van der Waals surface area (Å²) in [7, 11) is 2.02. The molecule has 2 saturated heterocycles. The summed E-state index contributed by atoms with van der Waals surface area (Å²) in [6.45, 7) is 3.78. The fourth-order valence-electron chi connectivity index (χ4n) is 3.61. The van der Waals surface area contributed by atoms with Crippen LogP contribution >= 0.6 is 24.2 Å². The number of carbonyl (C=O) groups excluding carboxylic acids is 1. The van der Waals surface area contributed by atoms with Crippen molar-refractivity contribution in [3.63, 3.8) is 0 Å². The van der Waals surface area contributed by atoms with E-state index in [0.29, 0.717) is 11.5 Å². The van der Waals surface area contributed by atoms with Crippen LogP contribution in [0.25, 0.3) is 0 Å². The van der Waals surface area contributed by atoms with Crippen LogP contribution in [0, 0.1) is 0 Å². The molecular weight excluding hydrogens is 384 g/mol. The molecular formula is C18H25ClN6OS. The summed E-state index contributed by atoms with van der Waals surface area (Å²) in [5.74, 6) is 1.60. The molecule has 0 spiro atoms. The molecule has 0 saturated carbocycles. The van der Waals surface area contributed by atoms with Gasteiger partial charge in [0.25, 0.3) is 5.91 Å². The first kappa shape index (κ1) is 20.1. The van der Waals surface area contributed by atoms with Gasteiger partial charge in [0, 0.05) is 32.3 Å². The number of hydrogen-bond acceptors (Lipinski definition) is 6. The third kappa shape index (κ3) is 4.44. The van der Waals surface area contributed by atoms with E-state index in [2.05, 4.69) is 25.1 Å². The third-order valence-electron chi connectivity index (χ3n) is 5.15. The molecule has 27 heavy (non-hydrogen) atoms. The van der Waals surface area contributed by atoms with Crippen LogP contribution in [0.3, 0.4) is 0 Å². The van der Waals surface area contributed by atoms with E-state index in [1.807, 2.05) is 24.1 Å². The lowest BCUT2D eigenvalue weighted by molar-refractivity contribution is 0.0792. The van der Waals surface area contributed by atoms with Gasteiger partial charge in [-0.25, -0.2) is 4.98 Å². The van der Waals surface area contributed by atoms with Gasteiger partial charge in [-0.05, 0) is 62.7 Å². The number of nitrogens with zero attached hydrogens (tertiary/aromatic N) is 5. The second-order valence-electron chi connectivity index (χ2n) is 6.91. The molecule has 146 valence electrons. The van der Waals surface area contributed by atoms with Crippen LogP contribution in [0.4, 0.5) is 0 Å². The van der Waals surface area contributed by atoms with Crippen LogP contribution in [0.15, 0.2) is 28.5 Å². The number of hydrogen-bond donors (Lipinski definition) is 1. The Kier molecular flexibility index (Phi) is 6.73. The molecule has 0 bridgehead atoms. The van der Waals surface area contributed by atoms with E-state index in [9.17, 15) is 4.79 Å². The van der Waals surface area contributed by atoms with Gasteiger partial charge in [-0.1, -0.05) is 0 Å². The molecule has 2 aromatic heterocycles. The van der Waals surface area contributed by atoms with Crippen molar-refractivity contribution in [3.8, 4) is 0 Å². The predicted octanol–water partition coefficient (Wildman–Crippen LogP) is 2.49. The lowest BCUT2D eigenvalue weighted by Crippen LogP contribution is -2.27. The minimum Gasteiger partial charge on any atom is -0.339 e. The molecule has 2 aliphatic heterocycles. The van der Waals surface area contributed by atoms with Gasteiger partial charge in [0.15, 0.2) is 5.16 Å². The quantitative estimate of drug-likeness (QED) is 0.837. The summed E-state index contributed by atoms with van der Waals surface area (Å²) in [4.78, 5) is 18.8. The van der Waals surface area contributed by atoms with E-state index in [1.165, 1.54) is 11.8 Å². The van der Waals surface area contributed by atoms with Crippen LogP contribution in [-0.2, 0) is 7.05 Å². The Balaban J connectivity index is 0.00000210. The Labute approximate surface area is 169 Å². The van der Waals surface area contributed by atoms with Crippen LogP contribution in [0.2, 0.25) is 0 Å². The summed E-state index contributed by atoms with van der Waals surface area (Å²) in [6.07, 6.45) is 6.06. The van der Waals surface area contributed by atoms with E-state index in [0.717, 1.165) is 67.9 Å². The SMILES string of the molecule is Cl.Cn1c(Sc2ccc(C(=O)N3CCCC3)cn2)nnc1C1CCNCC1. The third-order valence-corrected chi connectivity index (χ3v) is 6.13. The normalized spacial score (nSPS) is 17.7. The van der Waals surface area contributed by atoms with Crippen molar-refractivity contribution in [2.45, 2.75) is 41.8 Å². The highest BCUT2D eigenvalue weighted by molar-refractivity contribution is 7.99. The van der Waals surface area contributed by atoms with Gasteiger partial charge in [0.1, 0.15) is 10.9 Å². The average Bonchev–Trinajstić information content (AvgIpc) is 3.34. The number of pyridine rings is 1. The fraction of sp³-hybridized carbons (Fsp3) is 0.556. The first-order valence-corrected chi connectivity index (χ1v) is 10.1. The van der Waals surface area contributed by atoms with Crippen molar-refractivity contribution in [1.29, 1.82) is 0 Å². The number of carbonyl (C=O) groups is 1. The number of amides is 1. The minimum absolute atomic E-state index is 0. The average molecular weight is 409 g/mol. The van der Waals surface area contributed by atoms with E-state index in [-0.39, 0.29) is 18.3 Å². The van der Waals surface area contributed by atoms with Crippen LogP contribution in [0.5, 0.6) is 0 Å². The Morgan fingerprint density at radius 3 is 2.59 bits per heavy atom. The van der Waals surface area contributed by atoms with E-state index in [1.54, 1.807) is 6.20 Å². The van der Waals surface area contributed by atoms with E-state index < -0.39 is 0 Å². The molecule has 1 N–H and O–H groups in total. The molecule has 2 aliphatic rings. The van der Waals surface area contributed by atoms with Crippen molar-refractivity contribution in [3.05, 3.63) is 29.7 Å². The van der Waals surface area contributed by atoms with Crippen LogP contribution < -0.4 is 5.32 Å². The molecule has 9 heteroatoms. The van der Waals surface area contributed by atoms with Crippen LogP contribution in [-0.4, -0.2) is 56.7 Å². The molecule has 2 fully saturated rings. The highest BCUT2D eigenvalue weighted by Crippen LogP contribution is 2.29. The predicted molar refractivity (Wildman–Crippen MR) is 107 cm³/mol. The smallest absolute Gasteiger partial charge is 0.255 e. The molecule has 4 heterocycles. The topological polar surface area (TPSA) is 75.9 Å². The maximum atomic E-state index is 12.4. The summed E-state index contributed by atoms with van der Waals surface area (Å²) < 4.78 is 2.08. The molecule has 0 atom stereocenters. The molecule has 0 aromatic carbocycles. The Morgan fingerprint density at radius 1 is 1.19 bits per heavy atom. The fourth-order valence-corrected chi connectivity index (χ4v) is 4.35. The number of piperidine rings is 1. The van der Waals surface area contributed by atoms with Gasteiger partial charge in [-0.2, -0.15) is 0 Å². The van der Waals surface area contributed by atoms with Crippen molar-refractivity contribution < 1.29 is 4.79 Å². The first-order chi connectivity index (χ1) is 12.7. The summed E-state index contributed by atoms with van der Waals surface area (Å²) in [5, 5.41) is 13.8. The van der Waals surface area contributed by atoms with Gasteiger partial charge in [0.2, 0.25) is 0 Å². The Hall–Kier alpha value is -1.64. The zero-order valence-electron chi connectivity index (χ0n) is 15.4. The van der Waals surface area contributed by atoms with Crippen molar-refractivity contribution in [2.24, 2.45) is 7.05 Å². The molecule has 0 unspecified atom stereocenters. The number of halogens is 1. The zero-order chi connectivity index (χ0) is 17.9. The molecule has 1 amide bonds. The summed E-state index contributed by atoms with van der Waals surface area (Å²) in [5.41, 5.74) is 0.657. The minimum atomic E-state index is 0. The molecule has 4 rings (SSSR count). The number of likely N-dealkylation sites (tertiary alicyclic amines) is 1. The molecule has 0 radical (unpaired) electrons.